The van der Waals surface area contributed by atoms with Crippen molar-refractivity contribution in [3.05, 3.63) is 0 Å². The Kier molecular flexibility index (Phi) is 5.85. The van der Waals surface area contributed by atoms with Gasteiger partial charge < -0.3 is 10.1 Å². The van der Waals surface area contributed by atoms with Crippen LogP contribution in [0.1, 0.15) is 0 Å². The van der Waals surface area contributed by atoms with Crippen LogP contribution in [-0.4, -0.2) is 25.3 Å². The van der Waals surface area contributed by atoms with E-state index in [9.17, 15) is 4.79 Å². The minimum Gasteiger partial charge on any atom is -0.309 e. The summed E-state index contributed by atoms with van der Waals surface area (Å²) in [6.45, 7) is 1.12. The number of hydrogen-bond donors (Lipinski definition) is 1. The van der Waals surface area contributed by atoms with E-state index in [4.69, 9.17) is 11.6 Å². The smallest absolute Gasteiger partial charge is 0.133 e. The highest BCUT2D eigenvalue weighted by molar-refractivity contribution is 6.18. The first-order valence-corrected chi connectivity index (χ1v) is 2.65. The van der Waals surface area contributed by atoms with Gasteiger partial charge in [-0.1, -0.05) is 0 Å². The van der Waals surface area contributed by atoms with Gasteiger partial charge in [0.2, 0.25) is 0 Å². The second kappa shape index (κ2) is 5.92. The topological polar surface area (TPSA) is 29.1 Å². The molecule has 0 atom stereocenters. The van der Waals surface area contributed by atoms with Gasteiger partial charge in [-0.2, -0.15) is 0 Å². The van der Waals surface area contributed by atoms with E-state index < -0.39 is 0 Å². The molecule has 3 heteroatoms. The Morgan fingerprint density at radius 1 is 1.71 bits per heavy atom. The molecule has 0 saturated heterocycles. The van der Waals surface area contributed by atoms with Gasteiger partial charge in [0.25, 0.3) is 0 Å². The summed E-state index contributed by atoms with van der Waals surface area (Å²) < 4.78 is 0. The van der Waals surface area contributed by atoms with Crippen molar-refractivity contribution in [1.29, 1.82) is 0 Å². The van der Waals surface area contributed by atoms with Gasteiger partial charge in [0.15, 0.2) is 0 Å². The number of halogens is 1. The number of carbonyl (C=O) groups is 1. The molecule has 2 nitrogen and oxygen atoms in total. The molecule has 0 radical (unpaired) electrons. The lowest BCUT2D eigenvalue weighted by Crippen LogP contribution is -2.18. The standard InChI is InChI=1S/C4H8ClNO/c5-1-2-6-3-4-7/h4,6H,1-3H2. The molecule has 0 aliphatic carbocycles. The minimum atomic E-state index is 0.409. The van der Waals surface area contributed by atoms with Crippen molar-refractivity contribution in [2.75, 3.05) is 19.0 Å². The van der Waals surface area contributed by atoms with Crippen LogP contribution in [0.3, 0.4) is 0 Å². The largest absolute Gasteiger partial charge is 0.309 e. The molecule has 0 aromatic carbocycles. The molecule has 42 valence electrons. The van der Waals surface area contributed by atoms with E-state index in [1.807, 2.05) is 0 Å². The molecule has 0 spiro atoms. The Balaban J connectivity index is 2.56. The van der Waals surface area contributed by atoms with Crippen molar-refractivity contribution in [3.63, 3.8) is 0 Å². The molecule has 0 aromatic rings. The number of hydrogen-bond acceptors (Lipinski definition) is 2. The molecule has 0 bridgehead atoms. The molecule has 0 saturated carbocycles. The summed E-state index contributed by atoms with van der Waals surface area (Å²) in [7, 11) is 0. The van der Waals surface area contributed by atoms with Gasteiger partial charge in [-0.15, -0.1) is 11.6 Å². The predicted octanol–water partition coefficient (Wildman–Crippen LogP) is 0.0137. The SMILES string of the molecule is O=CCNCCCl. The normalized spacial score (nSPS) is 8.71. The molecule has 0 fully saturated rings. The summed E-state index contributed by atoms with van der Waals surface area (Å²) in [6.07, 6.45) is 0.812. The van der Waals surface area contributed by atoms with Crippen LogP contribution in [-0.2, 0) is 4.79 Å². The Hall–Kier alpha value is -0.0800. The van der Waals surface area contributed by atoms with Gasteiger partial charge in [-0.3, -0.25) is 0 Å². The van der Waals surface area contributed by atoms with Crippen molar-refractivity contribution in [2.45, 2.75) is 0 Å². The molecule has 0 rings (SSSR count). The summed E-state index contributed by atoms with van der Waals surface area (Å²) in [5, 5.41) is 2.78. The number of nitrogens with one attached hydrogen (secondary N) is 1. The third-order valence-corrected chi connectivity index (χ3v) is 0.688. The third-order valence-electron chi connectivity index (χ3n) is 0.499. The maximum absolute atomic E-state index is 9.57. The first-order chi connectivity index (χ1) is 3.41. The second-order valence-electron chi connectivity index (χ2n) is 1.06. The van der Waals surface area contributed by atoms with Crippen LogP contribution in [0.25, 0.3) is 0 Å². The average Bonchev–Trinajstić information content (AvgIpc) is 1.69. The zero-order chi connectivity index (χ0) is 5.54. The highest BCUT2D eigenvalue weighted by Gasteiger charge is 1.77. The second-order valence-corrected chi connectivity index (χ2v) is 1.44. The summed E-state index contributed by atoms with van der Waals surface area (Å²) in [5.74, 6) is 0.563. The number of rotatable bonds is 4. The van der Waals surface area contributed by atoms with Crippen LogP contribution in [0.2, 0.25) is 0 Å². The van der Waals surface area contributed by atoms with E-state index in [1.165, 1.54) is 0 Å². The van der Waals surface area contributed by atoms with E-state index in [0.717, 1.165) is 6.29 Å². The zero-order valence-electron chi connectivity index (χ0n) is 3.98. The molecule has 0 heterocycles. The molecular weight excluding hydrogens is 114 g/mol. The van der Waals surface area contributed by atoms with E-state index in [1.54, 1.807) is 0 Å². The van der Waals surface area contributed by atoms with Gasteiger partial charge in [-0.05, 0) is 0 Å². The monoisotopic (exact) mass is 121 g/mol. The van der Waals surface area contributed by atoms with Crippen LogP contribution in [0.15, 0.2) is 0 Å². The Labute approximate surface area is 47.8 Å². The first kappa shape index (κ1) is 6.92. The highest BCUT2D eigenvalue weighted by atomic mass is 35.5. The highest BCUT2D eigenvalue weighted by Crippen LogP contribution is 1.66. The molecule has 0 aromatic heterocycles. The summed E-state index contributed by atoms with van der Waals surface area (Å²) in [4.78, 5) is 9.57. The van der Waals surface area contributed by atoms with Gasteiger partial charge in [0, 0.05) is 12.4 Å². The van der Waals surface area contributed by atoms with E-state index in [0.29, 0.717) is 19.0 Å². The van der Waals surface area contributed by atoms with Gasteiger partial charge in [0.05, 0.1) is 6.54 Å². The van der Waals surface area contributed by atoms with Crippen LogP contribution < -0.4 is 5.32 Å². The maximum atomic E-state index is 9.57. The van der Waals surface area contributed by atoms with Gasteiger partial charge >= 0.3 is 0 Å². The fourth-order valence-corrected chi connectivity index (χ4v) is 0.361. The van der Waals surface area contributed by atoms with Crippen LogP contribution in [0.5, 0.6) is 0 Å². The summed E-state index contributed by atoms with van der Waals surface area (Å²) >= 11 is 5.26. The molecule has 0 unspecified atom stereocenters. The van der Waals surface area contributed by atoms with E-state index in [2.05, 4.69) is 5.32 Å². The van der Waals surface area contributed by atoms with Crippen LogP contribution >= 0.6 is 11.6 Å². The van der Waals surface area contributed by atoms with Gasteiger partial charge in [0.1, 0.15) is 6.29 Å². The fraction of sp³-hybridized carbons (Fsp3) is 0.750. The Morgan fingerprint density at radius 2 is 2.43 bits per heavy atom. The molecule has 0 amide bonds. The number of carbonyl (C=O) groups excluding carboxylic acids is 1. The quantitative estimate of drug-likeness (QED) is 0.323. The fourth-order valence-electron chi connectivity index (χ4n) is 0.228. The van der Waals surface area contributed by atoms with Crippen LogP contribution in [0, 0.1) is 0 Å². The number of alkyl halides is 1. The minimum absolute atomic E-state index is 0.409. The number of aldehydes is 1. The lowest BCUT2D eigenvalue weighted by molar-refractivity contribution is -0.107. The van der Waals surface area contributed by atoms with Crippen molar-refractivity contribution < 1.29 is 4.79 Å². The van der Waals surface area contributed by atoms with Crippen molar-refractivity contribution in [1.82, 2.24) is 5.32 Å². The summed E-state index contributed by atoms with van der Waals surface area (Å²) in [5.41, 5.74) is 0. The Morgan fingerprint density at radius 3 is 2.86 bits per heavy atom. The van der Waals surface area contributed by atoms with Crippen molar-refractivity contribution >= 4 is 17.9 Å². The zero-order valence-corrected chi connectivity index (χ0v) is 4.74. The molecule has 0 aliphatic rings. The van der Waals surface area contributed by atoms with E-state index in [-0.39, 0.29) is 0 Å². The lowest BCUT2D eigenvalue weighted by atomic mass is 10.6. The maximum Gasteiger partial charge on any atom is 0.133 e. The molecular formula is C4H8ClNO. The van der Waals surface area contributed by atoms with E-state index >= 15 is 0 Å². The van der Waals surface area contributed by atoms with Gasteiger partial charge in [-0.25, -0.2) is 0 Å². The molecule has 1 N–H and O–H groups in total. The third kappa shape index (κ3) is 5.92. The average molecular weight is 122 g/mol. The molecule has 7 heavy (non-hydrogen) atoms. The van der Waals surface area contributed by atoms with Crippen molar-refractivity contribution in [2.24, 2.45) is 0 Å². The predicted molar refractivity (Wildman–Crippen MR) is 29.7 cm³/mol. The first-order valence-electron chi connectivity index (χ1n) is 2.12. The Bertz CT molecular complexity index is 49.0. The molecule has 0 aliphatic heterocycles. The lowest BCUT2D eigenvalue weighted by Gasteiger charge is -1.89. The van der Waals surface area contributed by atoms with Crippen molar-refractivity contribution in [3.8, 4) is 0 Å². The summed E-state index contributed by atoms with van der Waals surface area (Å²) in [6, 6.07) is 0. The van der Waals surface area contributed by atoms with Crippen LogP contribution in [0.4, 0.5) is 0 Å².